The fourth-order valence-corrected chi connectivity index (χ4v) is 4.83. The largest absolute Gasteiger partial charge is 0.343 e. The monoisotopic (exact) mass is 476 g/mol. The lowest BCUT2D eigenvalue weighted by Gasteiger charge is -2.23. The first kappa shape index (κ1) is 25.2. The molecule has 184 valence electrons. The van der Waals surface area contributed by atoms with Crippen LogP contribution in [0.3, 0.4) is 0 Å². The molecule has 2 heterocycles. The third-order valence-corrected chi connectivity index (χ3v) is 6.63. The van der Waals surface area contributed by atoms with Gasteiger partial charge in [-0.2, -0.15) is 0 Å². The molecule has 0 saturated heterocycles. The molecule has 4 heteroatoms. The molecule has 1 aliphatic rings. The van der Waals surface area contributed by atoms with E-state index in [1.807, 2.05) is 44.3 Å². The van der Waals surface area contributed by atoms with Gasteiger partial charge < -0.3 is 9.47 Å². The van der Waals surface area contributed by atoms with Gasteiger partial charge in [0.15, 0.2) is 0 Å². The van der Waals surface area contributed by atoms with E-state index in [4.69, 9.17) is 4.98 Å². The minimum atomic E-state index is 0.535. The highest BCUT2D eigenvalue weighted by Crippen LogP contribution is 2.33. The summed E-state index contributed by atoms with van der Waals surface area (Å²) in [4.78, 5) is 11.3. The molecule has 2 aromatic heterocycles. The van der Waals surface area contributed by atoms with Crippen LogP contribution in [0, 0.1) is 5.92 Å². The number of rotatable bonds is 9. The number of pyridine rings is 1. The molecule has 0 fully saturated rings. The Bertz CT molecular complexity index is 1380. The average Bonchev–Trinajstić information content (AvgIpc) is 3.20. The van der Waals surface area contributed by atoms with Crippen molar-refractivity contribution in [3.05, 3.63) is 113 Å². The van der Waals surface area contributed by atoms with Crippen molar-refractivity contribution in [1.29, 1.82) is 0 Å². The Morgan fingerprint density at radius 2 is 2.06 bits per heavy atom. The Hall–Kier alpha value is -3.92. The zero-order valence-electron chi connectivity index (χ0n) is 21.9. The highest BCUT2D eigenvalue weighted by atomic mass is 15.1. The quantitative estimate of drug-likeness (QED) is 0.234. The fraction of sp³-hybridized carbons (Fsp3) is 0.250. The Kier molecular flexibility index (Phi) is 8.17. The molecule has 1 aliphatic carbocycles. The number of hydrogen-bond acceptors (Lipinski definition) is 3. The first-order chi connectivity index (χ1) is 17.6. The van der Waals surface area contributed by atoms with E-state index in [0.717, 1.165) is 42.0 Å². The lowest BCUT2D eigenvalue weighted by molar-refractivity contribution is 0.707. The predicted octanol–water partition coefficient (Wildman–Crippen LogP) is 7.74. The van der Waals surface area contributed by atoms with Crippen molar-refractivity contribution in [3.63, 3.8) is 0 Å². The van der Waals surface area contributed by atoms with Crippen LogP contribution in [-0.2, 0) is 13.0 Å². The summed E-state index contributed by atoms with van der Waals surface area (Å²) in [6.07, 6.45) is 20.6. The Morgan fingerprint density at radius 3 is 2.83 bits per heavy atom. The van der Waals surface area contributed by atoms with Crippen LogP contribution in [0.25, 0.3) is 17.1 Å². The summed E-state index contributed by atoms with van der Waals surface area (Å²) in [5, 5.41) is 0. The summed E-state index contributed by atoms with van der Waals surface area (Å²) < 4.78 is 2.41. The number of aromatic nitrogens is 2. The van der Waals surface area contributed by atoms with Gasteiger partial charge in [-0.25, -0.2) is 0 Å². The molecule has 36 heavy (non-hydrogen) atoms. The molecule has 3 aromatic rings. The minimum absolute atomic E-state index is 0.535. The predicted molar refractivity (Wildman–Crippen MR) is 156 cm³/mol. The molecule has 1 aromatic carbocycles. The first-order valence-corrected chi connectivity index (χ1v) is 12.6. The molecule has 0 radical (unpaired) electrons. The molecule has 4 rings (SSSR count). The number of anilines is 1. The second-order valence-corrected chi connectivity index (χ2v) is 9.24. The van der Waals surface area contributed by atoms with E-state index in [-0.39, 0.29) is 0 Å². The van der Waals surface area contributed by atoms with Gasteiger partial charge in [0.25, 0.3) is 0 Å². The van der Waals surface area contributed by atoms with Crippen LogP contribution in [0.1, 0.15) is 44.0 Å². The number of fused-ring (bicyclic) bond motifs is 3. The van der Waals surface area contributed by atoms with Crippen LogP contribution >= 0.6 is 0 Å². The van der Waals surface area contributed by atoms with Crippen molar-refractivity contribution in [1.82, 2.24) is 9.55 Å². The minimum Gasteiger partial charge on any atom is -0.343 e. The standard InChI is InChI=1S/C32H36N4/c1-6-8-9-10-16-28(33-4)30(13-7-2)35(5)26-15-11-14-25(22-26)23-36-29-19-18-24(3)21-27(29)32-31(36)17-12-20-34-32/h6-15,17-20,22,24H,4,16,21,23H2,1-3,5H3/b8-6-,10-9-,13-7-,30-28+. The molecule has 4 nitrogen and oxygen atoms in total. The molecular weight excluding hydrogens is 440 g/mol. The highest BCUT2D eigenvalue weighted by Gasteiger charge is 2.21. The van der Waals surface area contributed by atoms with Crippen LogP contribution < -0.4 is 4.90 Å². The molecule has 0 N–H and O–H groups in total. The number of allylic oxidation sites excluding steroid dienone is 7. The molecule has 0 bridgehead atoms. The Morgan fingerprint density at radius 1 is 1.19 bits per heavy atom. The van der Waals surface area contributed by atoms with Crippen molar-refractivity contribution >= 4 is 29.5 Å². The summed E-state index contributed by atoms with van der Waals surface area (Å²) in [7, 11) is 2.09. The van der Waals surface area contributed by atoms with E-state index in [1.54, 1.807) is 0 Å². The zero-order valence-corrected chi connectivity index (χ0v) is 21.9. The van der Waals surface area contributed by atoms with E-state index < -0.39 is 0 Å². The average molecular weight is 477 g/mol. The topological polar surface area (TPSA) is 33.4 Å². The maximum Gasteiger partial charge on any atom is 0.0919 e. The fourth-order valence-electron chi connectivity index (χ4n) is 4.83. The lowest BCUT2D eigenvalue weighted by atomic mass is 9.94. The van der Waals surface area contributed by atoms with Gasteiger partial charge in [-0.15, -0.1) is 0 Å². The van der Waals surface area contributed by atoms with Gasteiger partial charge in [0.1, 0.15) is 0 Å². The molecule has 0 amide bonds. The Balaban J connectivity index is 1.69. The first-order valence-electron chi connectivity index (χ1n) is 12.6. The van der Waals surface area contributed by atoms with E-state index in [2.05, 4.69) is 95.9 Å². The summed E-state index contributed by atoms with van der Waals surface area (Å²) in [6.45, 7) is 10.9. The molecular formula is C32H36N4. The van der Waals surface area contributed by atoms with Crippen molar-refractivity contribution in [3.8, 4) is 0 Å². The summed E-state index contributed by atoms with van der Waals surface area (Å²) in [5.41, 5.74) is 9.31. The van der Waals surface area contributed by atoms with Crippen LogP contribution in [0.15, 0.2) is 102 Å². The number of benzene rings is 1. The van der Waals surface area contributed by atoms with Crippen molar-refractivity contribution in [2.75, 3.05) is 11.9 Å². The second kappa shape index (κ2) is 11.7. The molecule has 1 unspecified atom stereocenters. The maximum absolute atomic E-state index is 4.74. The molecule has 0 saturated carbocycles. The van der Waals surface area contributed by atoms with Gasteiger partial charge in [0.2, 0.25) is 0 Å². The SMILES string of the molecule is C=N/C(C/C=C\C=C/C)=C(\C=C/C)N(C)c1cccc(Cn2c3c(c4ncccc42)CC(C)C=C3)c1. The lowest BCUT2D eigenvalue weighted by Crippen LogP contribution is -2.17. The van der Waals surface area contributed by atoms with Gasteiger partial charge in [-0.1, -0.05) is 55.5 Å². The Labute approximate surface area is 215 Å². The van der Waals surface area contributed by atoms with Crippen LogP contribution in [0.2, 0.25) is 0 Å². The normalized spacial score (nSPS) is 16.3. The van der Waals surface area contributed by atoms with Crippen molar-refractivity contribution in [2.45, 2.75) is 40.2 Å². The molecule has 0 aliphatic heterocycles. The smallest absolute Gasteiger partial charge is 0.0919 e. The molecule has 0 spiro atoms. The van der Waals surface area contributed by atoms with Crippen molar-refractivity contribution in [2.24, 2.45) is 10.9 Å². The number of aliphatic imine (C=N–C) groups is 1. The molecule has 1 atom stereocenters. The van der Waals surface area contributed by atoms with E-state index in [9.17, 15) is 0 Å². The van der Waals surface area contributed by atoms with Gasteiger partial charge >= 0.3 is 0 Å². The number of nitrogens with zero attached hydrogens (tertiary/aromatic N) is 4. The number of likely N-dealkylation sites (N-methyl/N-ethyl adjacent to an activating group) is 1. The summed E-state index contributed by atoms with van der Waals surface area (Å²) in [6, 6.07) is 13.0. The van der Waals surface area contributed by atoms with Gasteiger partial charge in [-0.05, 0) is 74.9 Å². The zero-order chi connectivity index (χ0) is 25.5. The highest BCUT2D eigenvalue weighted by molar-refractivity contribution is 5.85. The van der Waals surface area contributed by atoms with E-state index >= 15 is 0 Å². The van der Waals surface area contributed by atoms with Crippen molar-refractivity contribution < 1.29 is 0 Å². The van der Waals surface area contributed by atoms with Gasteiger partial charge in [-0.3, -0.25) is 9.98 Å². The van der Waals surface area contributed by atoms with E-state index in [0.29, 0.717) is 5.92 Å². The van der Waals surface area contributed by atoms with Crippen LogP contribution in [0.4, 0.5) is 5.69 Å². The third-order valence-electron chi connectivity index (χ3n) is 6.63. The second-order valence-electron chi connectivity index (χ2n) is 9.24. The maximum atomic E-state index is 4.74. The summed E-state index contributed by atoms with van der Waals surface area (Å²) in [5.74, 6) is 0.535. The van der Waals surface area contributed by atoms with Gasteiger partial charge in [0, 0.05) is 43.2 Å². The summed E-state index contributed by atoms with van der Waals surface area (Å²) >= 11 is 0. The van der Waals surface area contributed by atoms with Crippen LogP contribution in [-0.4, -0.2) is 23.3 Å². The van der Waals surface area contributed by atoms with E-state index in [1.165, 1.54) is 22.3 Å². The van der Waals surface area contributed by atoms with Crippen LogP contribution in [0.5, 0.6) is 0 Å². The third kappa shape index (κ3) is 5.33. The number of hydrogen-bond donors (Lipinski definition) is 0. The van der Waals surface area contributed by atoms with Gasteiger partial charge in [0.05, 0.1) is 22.4 Å².